The number of hydrogen-bond acceptors (Lipinski definition) is 1. The zero-order chi connectivity index (χ0) is 17.6. The summed E-state index contributed by atoms with van der Waals surface area (Å²) in [6.07, 6.45) is 4.14. The number of aromatic nitrogens is 1. The van der Waals surface area contributed by atoms with Crippen LogP contribution in [0, 0.1) is 6.92 Å². The first-order valence-corrected chi connectivity index (χ1v) is 8.78. The Hall–Kier alpha value is -2.52. The van der Waals surface area contributed by atoms with Crippen molar-refractivity contribution in [2.24, 2.45) is 0 Å². The van der Waals surface area contributed by atoms with E-state index in [1.165, 1.54) is 22.7 Å². The maximum Gasteiger partial charge on any atom is 0.244 e. The Bertz CT molecular complexity index is 911. The third-order valence-electron chi connectivity index (χ3n) is 4.19. The van der Waals surface area contributed by atoms with Crippen molar-refractivity contribution in [3.8, 4) is 0 Å². The minimum atomic E-state index is -0.103. The predicted octanol–water partition coefficient (Wildman–Crippen LogP) is 4.82. The van der Waals surface area contributed by atoms with Gasteiger partial charge in [-0.1, -0.05) is 48.0 Å². The van der Waals surface area contributed by atoms with E-state index in [1.807, 2.05) is 24.3 Å². The van der Waals surface area contributed by atoms with Crippen LogP contribution in [-0.4, -0.2) is 17.0 Å². The standard InChI is InChI=1S/C21H21ClN2O/c1-16-15-18-8-3-5-10-20(18)24(16)14-6-13-23-21(25)12-11-17-7-2-4-9-19(17)22/h2-5,7-12,15H,6,13-14H2,1H3,(H,23,25). The molecule has 0 saturated carbocycles. The van der Waals surface area contributed by atoms with Crippen LogP contribution in [0.5, 0.6) is 0 Å². The number of nitrogens with one attached hydrogen (secondary N) is 1. The molecule has 0 aliphatic heterocycles. The number of para-hydroxylation sites is 1. The molecule has 1 amide bonds. The van der Waals surface area contributed by atoms with Crippen LogP contribution in [0.2, 0.25) is 5.02 Å². The van der Waals surface area contributed by atoms with Gasteiger partial charge in [0.25, 0.3) is 0 Å². The quantitative estimate of drug-likeness (QED) is 0.500. The van der Waals surface area contributed by atoms with Gasteiger partial charge in [-0.05, 0) is 48.6 Å². The number of rotatable bonds is 6. The van der Waals surface area contributed by atoms with Gasteiger partial charge in [0.05, 0.1) is 0 Å². The van der Waals surface area contributed by atoms with Gasteiger partial charge >= 0.3 is 0 Å². The van der Waals surface area contributed by atoms with Gasteiger partial charge in [0.2, 0.25) is 5.91 Å². The highest BCUT2D eigenvalue weighted by Gasteiger charge is 2.04. The molecule has 2 aromatic carbocycles. The van der Waals surface area contributed by atoms with E-state index in [2.05, 4.69) is 47.1 Å². The van der Waals surface area contributed by atoms with E-state index in [-0.39, 0.29) is 5.91 Å². The van der Waals surface area contributed by atoms with E-state index in [0.717, 1.165) is 18.5 Å². The molecule has 3 nitrogen and oxygen atoms in total. The Morgan fingerprint density at radius 2 is 1.92 bits per heavy atom. The molecular weight excluding hydrogens is 332 g/mol. The van der Waals surface area contributed by atoms with Crippen LogP contribution >= 0.6 is 11.6 Å². The second-order valence-corrected chi connectivity index (χ2v) is 6.40. The number of amides is 1. The number of nitrogens with zero attached hydrogens (tertiary/aromatic N) is 1. The molecule has 1 aromatic heterocycles. The first-order chi connectivity index (χ1) is 12.1. The van der Waals surface area contributed by atoms with Crippen LogP contribution in [0.4, 0.5) is 0 Å². The van der Waals surface area contributed by atoms with Crippen LogP contribution in [-0.2, 0) is 11.3 Å². The third kappa shape index (κ3) is 4.31. The summed E-state index contributed by atoms with van der Waals surface area (Å²) in [4.78, 5) is 11.9. The molecule has 128 valence electrons. The average molecular weight is 353 g/mol. The number of fused-ring (bicyclic) bond motifs is 1. The van der Waals surface area contributed by atoms with Crippen molar-refractivity contribution < 1.29 is 4.79 Å². The second-order valence-electron chi connectivity index (χ2n) is 6.00. The molecule has 0 bridgehead atoms. The lowest BCUT2D eigenvalue weighted by Gasteiger charge is -2.08. The van der Waals surface area contributed by atoms with Crippen molar-refractivity contribution in [1.82, 2.24) is 9.88 Å². The molecule has 25 heavy (non-hydrogen) atoms. The normalized spacial score (nSPS) is 11.3. The van der Waals surface area contributed by atoms with Crippen LogP contribution in [0.3, 0.4) is 0 Å². The maximum atomic E-state index is 11.9. The zero-order valence-corrected chi connectivity index (χ0v) is 15.0. The zero-order valence-electron chi connectivity index (χ0n) is 14.2. The minimum absolute atomic E-state index is 0.103. The predicted molar refractivity (Wildman–Crippen MR) is 105 cm³/mol. The van der Waals surface area contributed by atoms with Crippen LogP contribution in [0.15, 0.2) is 60.7 Å². The summed E-state index contributed by atoms with van der Waals surface area (Å²) < 4.78 is 2.29. The Kier molecular flexibility index (Phi) is 5.56. The van der Waals surface area contributed by atoms with Gasteiger partial charge < -0.3 is 9.88 Å². The van der Waals surface area contributed by atoms with Crippen LogP contribution < -0.4 is 5.32 Å². The molecule has 3 rings (SSSR count). The Balaban J connectivity index is 1.50. The molecule has 1 heterocycles. The Morgan fingerprint density at radius 1 is 1.16 bits per heavy atom. The summed E-state index contributed by atoms with van der Waals surface area (Å²) in [5.74, 6) is -0.103. The molecule has 0 saturated heterocycles. The van der Waals surface area contributed by atoms with Crippen molar-refractivity contribution in [2.75, 3.05) is 6.54 Å². The first kappa shape index (κ1) is 17.3. The average Bonchev–Trinajstić information content (AvgIpc) is 2.93. The second kappa shape index (κ2) is 8.04. The lowest BCUT2D eigenvalue weighted by molar-refractivity contribution is -0.116. The highest BCUT2D eigenvalue weighted by molar-refractivity contribution is 6.32. The van der Waals surface area contributed by atoms with E-state index in [0.29, 0.717) is 11.6 Å². The van der Waals surface area contributed by atoms with Crippen molar-refractivity contribution in [3.63, 3.8) is 0 Å². The SMILES string of the molecule is Cc1cc2ccccc2n1CCCNC(=O)C=Cc1ccccc1Cl. The van der Waals surface area contributed by atoms with E-state index < -0.39 is 0 Å². The van der Waals surface area contributed by atoms with Gasteiger partial charge in [-0.15, -0.1) is 0 Å². The monoisotopic (exact) mass is 352 g/mol. The molecule has 0 fully saturated rings. The summed E-state index contributed by atoms with van der Waals surface area (Å²) in [5.41, 5.74) is 3.32. The molecule has 0 atom stereocenters. The topological polar surface area (TPSA) is 34.0 Å². The number of carbonyl (C=O) groups excluding carboxylic acids is 1. The minimum Gasteiger partial charge on any atom is -0.352 e. The number of aryl methyl sites for hydroxylation is 2. The Labute approximate surface area is 152 Å². The highest BCUT2D eigenvalue weighted by Crippen LogP contribution is 2.19. The van der Waals surface area contributed by atoms with Gasteiger partial charge in [0.15, 0.2) is 0 Å². The molecule has 1 N–H and O–H groups in total. The van der Waals surface area contributed by atoms with Crippen molar-refractivity contribution >= 4 is 34.5 Å². The number of benzene rings is 2. The summed E-state index contributed by atoms with van der Waals surface area (Å²) in [6, 6.07) is 18.0. The fourth-order valence-corrected chi connectivity index (χ4v) is 3.13. The molecule has 0 radical (unpaired) electrons. The molecule has 0 aliphatic rings. The summed E-state index contributed by atoms with van der Waals surface area (Å²) in [7, 11) is 0. The summed E-state index contributed by atoms with van der Waals surface area (Å²) in [6.45, 7) is 3.64. The van der Waals surface area contributed by atoms with Crippen LogP contribution in [0.1, 0.15) is 17.7 Å². The van der Waals surface area contributed by atoms with Gasteiger partial charge in [0, 0.05) is 35.4 Å². The van der Waals surface area contributed by atoms with Gasteiger partial charge in [0.1, 0.15) is 0 Å². The smallest absolute Gasteiger partial charge is 0.244 e. The largest absolute Gasteiger partial charge is 0.352 e. The number of halogens is 1. The lowest BCUT2D eigenvalue weighted by atomic mass is 10.2. The molecule has 0 unspecified atom stereocenters. The molecule has 3 aromatic rings. The van der Waals surface area contributed by atoms with Gasteiger partial charge in [-0.2, -0.15) is 0 Å². The molecule has 0 aliphatic carbocycles. The van der Waals surface area contributed by atoms with Crippen molar-refractivity contribution in [1.29, 1.82) is 0 Å². The molecule has 0 spiro atoms. The number of hydrogen-bond donors (Lipinski definition) is 1. The van der Waals surface area contributed by atoms with E-state index >= 15 is 0 Å². The van der Waals surface area contributed by atoms with E-state index in [9.17, 15) is 4.79 Å². The van der Waals surface area contributed by atoms with Crippen LogP contribution in [0.25, 0.3) is 17.0 Å². The number of carbonyl (C=O) groups is 1. The van der Waals surface area contributed by atoms with Crippen molar-refractivity contribution in [2.45, 2.75) is 19.9 Å². The molecular formula is C21H21ClN2O. The highest BCUT2D eigenvalue weighted by atomic mass is 35.5. The fraction of sp³-hybridized carbons (Fsp3) is 0.190. The molecule has 4 heteroatoms. The van der Waals surface area contributed by atoms with E-state index in [1.54, 1.807) is 6.08 Å². The Morgan fingerprint density at radius 3 is 2.76 bits per heavy atom. The summed E-state index contributed by atoms with van der Waals surface area (Å²) in [5, 5.41) is 4.82. The van der Waals surface area contributed by atoms with Gasteiger partial charge in [-0.3, -0.25) is 4.79 Å². The third-order valence-corrected chi connectivity index (χ3v) is 4.54. The van der Waals surface area contributed by atoms with E-state index in [4.69, 9.17) is 11.6 Å². The lowest BCUT2D eigenvalue weighted by Crippen LogP contribution is -2.23. The summed E-state index contributed by atoms with van der Waals surface area (Å²) >= 11 is 6.07. The maximum absolute atomic E-state index is 11.9. The first-order valence-electron chi connectivity index (χ1n) is 8.40. The fourth-order valence-electron chi connectivity index (χ4n) is 2.93. The van der Waals surface area contributed by atoms with Crippen molar-refractivity contribution in [3.05, 3.63) is 77.0 Å². The van der Waals surface area contributed by atoms with Gasteiger partial charge in [-0.25, -0.2) is 0 Å².